The Morgan fingerprint density at radius 3 is 2.17 bits per heavy atom. The molecular formula is C15H22N2O. The summed E-state index contributed by atoms with van der Waals surface area (Å²) in [7, 11) is 0. The minimum absolute atomic E-state index is 0.0260. The van der Waals surface area contributed by atoms with Crippen LogP contribution >= 0.6 is 0 Å². The molecule has 0 aromatic carbocycles. The van der Waals surface area contributed by atoms with Crippen LogP contribution in [0.15, 0.2) is 0 Å². The molecule has 0 aromatic rings. The van der Waals surface area contributed by atoms with E-state index in [9.17, 15) is 4.79 Å². The lowest BCUT2D eigenvalue weighted by molar-refractivity contribution is -0.129. The van der Waals surface area contributed by atoms with E-state index in [1.807, 2.05) is 6.92 Å². The summed E-state index contributed by atoms with van der Waals surface area (Å²) in [6.45, 7) is 1.91. The van der Waals surface area contributed by atoms with Crippen molar-refractivity contribution >= 4 is 5.91 Å². The summed E-state index contributed by atoms with van der Waals surface area (Å²) in [6.07, 6.45) is 8.24. The second kappa shape index (κ2) is 4.26. The summed E-state index contributed by atoms with van der Waals surface area (Å²) in [5.41, 5.74) is 0.0517. The van der Waals surface area contributed by atoms with Crippen LogP contribution in [-0.2, 0) is 4.79 Å². The van der Waals surface area contributed by atoms with E-state index < -0.39 is 5.92 Å². The van der Waals surface area contributed by atoms with Gasteiger partial charge in [0.2, 0.25) is 5.91 Å². The summed E-state index contributed by atoms with van der Waals surface area (Å²) in [5.74, 6) is 2.01. The first-order chi connectivity index (χ1) is 8.64. The number of carbonyl (C=O) groups excluding carboxylic acids is 1. The summed E-state index contributed by atoms with van der Waals surface area (Å²) < 4.78 is 0. The van der Waals surface area contributed by atoms with Crippen molar-refractivity contribution < 1.29 is 4.79 Å². The van der Waals surface area contributed by atoms with Crippen molar-refractivity contribution in [3.05, 3.63) is 0 Å². The number of carbonyl (C=O) groups is 1. The average molecular weight is 246 g/mol. The quantitative estimate of drug-likeness (QED) is 0.832. The molecule has 4 rings (SSSR count). The molecule has 4 aliphatic carbocycles. The number of hydrogen-bond donors (Lipinski definition) is 1. The van der Waals surface area contributed by atoms with Crippen molar-refractivity contribution in [2.24, 2.45) is 23.7 Å². The van der Waals surface area contributed by atoms with Gasteiger partial charge in [-0.1, -0.05) is 6.92 Å². The lowest BCUT2D eigenvalue weighted by Crippen LogP contribution is -2.60. The minimum atomic E-state index is -0.460. The van der Waals surface area contributed by atoms with Crippen LogP contribution in [0.1, 0.15) is 51.9 Å². The number of nitrogens with one attached hydrogen (secondary N) is 1. The van der Waals surface area contributed by atoms with E-state index in [4.69, 9.17) is 5.26 Å². The molecule has 0 aliphatic heterocycles. The van der Waals surface area contributed by atoms with Gasteiger partial charge in [-0.05, 0) is 62.7 Å². The number of nitrogens with zero attached hydrogens (tertiary/aromatic N) is 1. The fourth-order valence-corrected chi connectivity index (χ4v) is 4.95. The largest absolute Gasteiger partial charge is 0.349 e. The Morgan fingerprint density at radius 1 is 1.28 bits per heavy atom. The highest BCUT2D eigenvalue weighted by Crippen LogP contribution is 2.55. The molecule has 0 heterocycles. The first-order valence-corrected chi connectivity index (χ1v) is 7.36. The molecule has 18 heavy (non-hydrogen) atoms. The molecule has 0 aromatic heterocycles. The SMILES string of the molecule is CCC(C#N)C(=O)NC12CC3CC(CC(C3)C1)C2. The third-order valence-corrected chi connectivity index (χ3v) is 5.31. The van der Waals surface area contributed by atoms with E-state index in [0.717, 1.165) is 37.0 Å². The Morgan fingerprint density at radius 2 is 1.78 bits per heavy atom. The molecule has 0 radical (unpaired) electrons. The maximum absolute atomic E-state index is 12.2. The Balaban J connectivity index is 1.72. The highest BCUT2D eigenvalue weighted by atomic mass is 16.2. The Labute approximate surface area is 109 Å². The number of nitriles is 1. The molecule has 4 fully saturated rings. The molecule has 0 spiro atoms. The summed E-state index contributed by atoms with van der Waals surface area (Å²) in [4.78, 5) is 12.2. The van der Waals surface area contributed by atoms with E-state index in [2.05, 4.69) is 11.4 Å². The molecule has 1 amide bonds. The van der Waals surface area contributed by atoms with Crippen LogP contribution in [0.5, 0.6) is 0 Å². The van der Waals surface area contributed by atoms with Gasteiger partial charge in [0.05, 0.1) is 6.07 Å². The van der Waals surface area contributed by atoms with Crippen LogP contribution in [0.2, 0.25) is 0 Å². The molecule has 0 saturated heterocycles. The highest BCUT2D eigenvalue weighted by molar-refractivity contribution is 5.81. The lowest BCUT2D eigenvalue weighted by Gasteiger charge is -2.57. The van der Waals surface area contributed by atoms with Gasteiger partial charge in [-0.3, -0.25) is 4.79 Å². The zero-order chi connectivity index (χ0) is 12.8. The normalized spacial score (nSPS) is 42.3. The Hall–Kier alpha value is -1.04. The fourth-order valence-electron chi connectivity index (χ4n) is 4.95. The molecule has 98 valence electrons. The van der Waals surface area contributed by atoms with Crippen LogP contribution in [0.3, 0.4) is 0 Å². The van der Waals surface area contributed by atoms with Gasteiger partial charge in [-0.2, -0.15) is 5.26 Å². The van der Waals surface area contributed by atoms with E-state index in [1.54, 1.807) is 0 Å². The maximum atomic E-state index is 12.2. The van der Waals surface area contributed by atoms with Gasteiger partial charge < -0.3 is 5.32 Å². The average Bonchev–Trinajstić information content (AvgIpc) is 2.27. The van der Waals surface area contributed by atoms with E-state index in [0.29, 0.717) is 6.42 Å². The Kier molecular flexibility index (Phi) is 2.84. The van der Waals surface area contributed by atoms with Gasteiger partial charge >= 0.3 is 0 Å². The van der Waals surface area contributed by atoms with Gasteiger partial charge in [0.25, 0.3) is 0 Å². The molecule has 4 bridgehead atoms. The van der Waals surface area contributed by atoms with Crippen LogP contribution < -0.4 is 5.32 Å². The molecule has 3 nitrogen and oxygen atoms in total. The molecule has 1 atom stereocenters. The summed E-state index contributed by atoms with van der Waals surface area (Å²) in [5, 5.41) is 12.3. The van der Waals surface area contributed by atoms with Gasteiger partial charge in [0, 0.05) is 5.54 Å². The van der Waals surface area contributed by atoms with Gasteiger partial charge in [0.1, 0.15) is 5.92 Å². The van der Waals surface area contributed by atoms with Crippen molar-refractivity contribution in [2.75, 3.05) is 0 Å². The molecule has 1 unspecified atom stereocenters. The molecular weight excluding hydrogens is 224 g/mol. The van der Waals surface area contributed by atoms with Crippen LogP contribution in [0.4, 0.5) is 0 Å². The van der Waals surface area contributed by atoms with E-state index in [1.165, 1.54) is 19.3 Å². The Bertz CT molecular complexity index is 361. The standard InChI is InChI=1S/C15H22N2O/c1-2-13(9-16)14(18)17-15-6-10-3-11(7-15)5-12(4-10)8-15/h10-13H,2-8H2,1H3,(H,17,18). The second-order valence-corrected chi connectivity index (χ2v) is 6.78. The first kappa shape index (κ1) is 12.0. The van der Waals surface area contributed by atoms with Crippen LogP contribution in [0, 0.1) is 35.0 Å². The van der Waals surface area contributed by atoms with E-state index >= 15 is 0 Å². The monoisotopic (exact) mass is 246 g/mol. The predicted octanol–water partition coefficient (Wildman–Crippen LogP) is 2.62. The lowest BCUT2D eigenvalue weighted by atomic mass is 9.53. The number of hydrogen-bond acceptors (Lipinski definition) is 2. The maximum Gasteiger partial charge on any atom is 0.237 e. The van der Waals surface area contributed by atoms with Crippen molar-refractivity contribution in [3.63, 3.8) is 0 Å². The van der Waals surface area contributed by atoms with Gasteiger partial charge in [-0.25, -0.2) is 0 Å². The third kappa shape index (κ3) is 1.92. The molecule has 1 N–H and O–H groups in total. The summed E-state index contributed by atoms with van der Waals surface area (Å²) >= 11 is 0. The molecule has 3 heteroatoms. The van der Waals surface area contributed by atoms with Crippen molar-refractivity contribution in [3.8, 4) is 6.07 Å². The zero-order valence-electron chi connectivity index (χ0n) is 11.1. The van der Waals surface area contributed by atoms with Crippen LogP contribution in [-0.4, -0.2) is 11.4 Å². The highest BCUT2D eigenvalue weighted by Gasteiger charge is 2.51. The smallest absolute Gasteiger partial charge is 0.237 e. The molecule has 4 saturated carbocycles. The zero-order valence-corrected chi connectivity index (χ0v) is 11.1. The number of rotatable bonds is 3. The fraction of sp³-hybridized carbons (Fsp3) is 0.867. The van der Waals surface area contributed by atoms with Crippen LogP contribution in [0.25, 0.3) is 0 Å². The topological polar surface area (TPSA) is 52.9 Å². The minimum Gasteiger partial charge on any atom is -0.349 e. The van der Waals surface area contributed by atoms with Gasteiger partial charge in [-0.15, -0.1) is 0 Å². The molecule has 4 aliphatic rings. The summed E-state index contributed by atoms with van der Waals surface area (Å²) in [6, 6.07) is 2.12. The van der Waals surface area contributed by atoms with E-state index in [-0.39, 0.29) is 11.4 Å². The van der Waals surface area contributed by atoms with Crippen molar-refractivity contribution in [1.29, 1.82) is 5.26 Å². The van der Waals surface area contributed by atoms with Crippen molar-refractivity contribution in [1.82, 2.24) is 5.32 Å². The van der Waals surface area contributed by atoms with Gasteiger partial charge in [0.15, 0.2) is 0 Å². The predicted molar refractivity (Wildman–Crippen MR) is 68.4 cm³/mol. The van der Waals surface area contributed by atoms with Crippen molar-refractivity contribution in [2.45, 2.75) is 57.4 Å². The number of amides is 1. The first-order valence-electron chi connectivity index (χ1n) is 7.36. The third-order valence-electron chi connectivity index (χ3n) is 5.31. The second-order valence-electron chi connectivity index (χ2n) is 6.78.